The van der Waals surface area contributed by atoms with Gasteiger partial charge in [-0.15, -0.1) is 0 Å². The Balaban J connectivity index is 0.631. The van der Waals surface area contributed by atoms with Crippen molar-refractivity contribution < 1.29 is 0 Å². The summed E-state index contributed by atoms with van der Waals surface area (Å²) in [5, 5.41) is 4.64. The Hall–Kier alpha value is -14.8. The third-order valence-corrected chi connectivity index (χ3v) is 21.8. The molecule has 4 nitrogen and oxygen atoms in total. The van der Waals surface area contributed by atoms with Crippen LogP contribution in [0.2, 0.25) is 0 Å². The molecule has 0 unspecified atom stereocenters. The second kappa shape index (κ2) is 30.7. The van der Waals surface area contributed by atoms with Crippen LogP contribution in [0.3, 0.4) is 0 Å². The molecule has 0 aliphatic rings. The van der Waals surface area contributed by atoms with Crippen molar-refractivity contribution >= 4 is 21.5 Å². The van der Waals surface area contributed by atoms with Crippen LogP contribution in [0.15, 0.2) is 406 Å². The Morgan fingerprint density at radius 2 is 0.566 bits per heavy atom. The summed E-state index contributed by atoms with van der Waals surface area (Å²) < 4.78 is 0. The smallest absolute Gasteiger partial charge is 0.0722 e. The van der Waals surface area contributed by atoms with Crippen molar-refractivity contribution in [1.29, 1.82) is 0 Å². The second-order valence-electron chi connectivity index (χ2n) is 28.9. The fraction of sp³-hybridized carbons (Fsp3) is 0.0275. The van der Waals surface area contributed by atoms with Gasteiger partial charge in [0.05, 0.1) is 39.9 Å². The van der Waals surface area contributed by atoms with Gasteiger partial charge >= 0.3 is 0 Å². The SMILES string of the molecule is CCc1ccccc1-c1ccccc1Cc1cc(-c2cccc(-c3cc(-c4ccccc4)nc(-c4cc5ccc(-c6cccc(-c7ccc(-c8cc(-c9cccc(-c%10cc(-c%11ccccc%11)nc(-c%11ccc(-c%12c#cccc%12)cc%11)c%10)c9)cc(-c9ccccc9)n8)cc7)c6)cc5c5ccccc45)c3)c2)cc(-c2ccccc2)n1. The number of benzene rings is 14. The summed E-state index contributed by atoms with van der Waals surface area (Å²) in [6.45, 7) is 2.23. The van der Waals surface area contributed by atoms with Crippen molar-refractivity contribution in [3.63, 3.8) is 0 Å². The highest BCUT2D eigenvalue weighted by Gasteiger charge is 2.20. The van der Waals surface area contributed by atoms with Gasteiger partial charge in [0, 0.05) is 56.6 Å². The lowest BCUT2D eigenvalue weighted by Gasteiger charge is -2.16. The second-order valence-corrected chi connectivity index (χ2v) is 28.9. The maximum atomic E-state index is 5.56. The first kappa shape index (κ1) is 68.7. The van der Waals surface area contributed by atoms with Crippen LogP contribution in [0.5, 0.6) is 0 Å². The van der Waals surface area contributed by atoms with Crippen LogP contribution < -0.4 is 0 Å². The van der Waals surface area contributed by atoms with Crippen molar-refractivity contribution in [3.05, 3.63) is 435 Å². The third kappa shape index (κ3) is 14.4. The largest absolute Gasteiger partial charge is 0.252 e. The van der Waals surface area contributed by atoms with Crippen LogP contribution in [0.1, 0.15) is 23.7 Å². The quantitative estimate of drug-likeness (QED) is 0.0804. The summed E-state index contributed by atoms with van der Waals surface area (Å²) in [5.41, 5.74) is 35.3. The van der Waals surface area contributed by atoms with E-state index in [1.165, 1.54) is 33.0 Å². The Morgan fingerprint density at radius 1 is 0.212 bits per heavy atom. The molecule has 15 aromatic carbocycles. The van der Waals surface area contributed by atoms with Crippen LogP contribution >= 0.6 is 0 Å². The first-order valence-electron chi connectivity index (χ1n) is 38.7. The van der Waals surface area contributed by atoms with Crippen LogP contribution in [0.25, 0.3) is 189 Å². The van der Waals surface area contributed by atoms with Crippen molar-refractivity contribution in [2.24, 2.45) is 0 Å². The molecule has 4 aromatic heterocycles. The zero-order chi connectivity index (χ0) is 75.4. The highest BCUT2D eigenvalue weighted by Crippen LogP contribution is 2.43. The summed E-state index contributed by atoms with van der Waals surface area (Å²) in [6.07, 6.45) is 1.65. The molecule has 0 radical (unpaired) electrons. The molecular weight excluding hydrogens is 1370 g/mol. The van der Waals surface area contributed by atoms with Crippen molar-refractivity contribution in [1.82, 2.24) is 19.9 Å². The number of nitrogens with zero attached hydrogens (tertiary/aromatic N) is 4. The normalized spacial score (nSPS) is 11.2. The van der Waals surface area contributed by atoms with Gasteiger partial charge in [-0.25, -0.2) is 15.0 Å². The Bertz CT molecular complexity index is 6700. The van der Waals surface area contributed by atoms with Gasteiger partial charge in [0.2, 0.25) is 0 Å². The highest BCUT2D eigenvalue weighted by molar-refractivity contribution is 6.14. The molecule has 0 fully saturated rings. The average Bonchev–Trinajstić information content (AvgIpc) is 0.748. The summed E-state index contributed by atoms with van der Waals surface area (Å²) >= 11 is 0. The van der Waals surface area contributed by atoms with E-state index in [2.05, 4.69) is 407 Å². The molecule has 0 bridgehead atoms. The van der Waals surface area contributed by atoms with E-state index in [0.29, 0.717) is 6.42 Å². The number of hydrogen-bond acceptors (Lipinski definition) is 4. The molecule has 19 aromatic rings. The van der Waals surface area contributed by atoms with Crippen molar-refractivity contribution in [2.75, 3.05) is 0 Å². The molecule has 0 aliphatic carbocycles. The van der Waals surface area contributed by atoms with Gasteiger partial charge < -0.3 is 0 Å². The maximum absolute atomic E-state index is 5.56. The van der Waals surface area contributed by atoms with E-state index in [4.69, 9.17) is 19.9 Å². The first-order chi connectivity index (χ1) is 55.9. The summed E-state index contributed by atoms with van der Waals surface area (Å²) in [7, 11) is 0. The van der Waals surface area contributed by atoms with Crippen LogP contribution in [0, 0.1) is 12.1 Å². The minimum Gasteiger partial charge on any atom is -0.252 e. The standard InChI is InChI=1S/C109H74N4/c1-2-73-27-18-20-45-97(73)98-46-21-19-38-90(98)62-96-63-92(66-103(110-96)77-30-10-4-11-31-77)85-41-25-44-88(60-85)95-71-106(80-36-16-7-17-37-80)113-109(72-95)102-65-91-58-57-89(64-101(91)99-47-22-23-48-100(99)102)84-40-24-39-83(59-84)76-51-55-82(56-52-76)108-70-94(68-105(112-108)79-34-14-6-15-35-79)87-43-26-42-86(61-87)93-67-104(78-32-12-5-13-33-78)111-107(69-93)81-53-49-75(50-54-81)74-28-8-3-9-29-74/h3-8,10-28,30-61,63-72H,2,62H2,1H3. The molecule has 4 heteroatoms. The number of hydrogen-bond donors (Lipinski definition) is 0. The minimum absolute atomic E-state index is 0.687. The molecule has 19 rings (SSSR count). The molecule has 0 atom stereocenters. The van der Waals surface area contributed by atoms with E-state index < -0.39 is 0 Å². The number of pyridine rings is 4. The fourth-order valence-electron chi connectivity index (χ4n) is 15.9. The van der Waals surface area contributed by atoms with Crippen LogP contribution in [0.4, 0.5) is 0 Å². The van der Waals surface area contributed by atoms with E-state index >= 15 is 0 Å². The molecule has 0 amide bonds. The van der Waals surface area contributed by atoms with Gasteiger partial charge in [0.1, 0.15) is 0 Å². The number of rotatable bonds is 18. The topological polar surface area (TPSA) is 51.6 Å². The monoisotopic (exact) mass is 1440 g/mol. The summed E-state index contributed by atoms with van der Waals surface area (Å²) in [5.74, 6) is 0. The molecular formula is C109H74N4. The predicted octanol–water partition coefficient (Wildman–Crippen LogP) is 28.3. The van der Waals surface area contributed by atoms with Gasteiger partial charge in [-0.05, 0) is 214 Å². The highest BCUT2D eigenvalue weighted by atomic mass is 14.7. The van der Waals surface area contributed by atoms with Crippen LogP contribution in [-0.2, 0) is 12.8 Å². The number of aromatic nitrogens is 4. The van der Waals surface area contributed by atoms with E-state index in [1.54, 1.807) is 0 Å². The molecule has 4 heterocycles. The number of fused-ring (bicyclic) bond motifs is 3. The average molecular weight is 1440 g/mol. The molecule has 113 heavy (non-hydrogen) atoms. The first-order valence-corrected chi connectivity index (χ1v) is 38.7. The van der Waals surface area contributed by atoms with Gasteiger partial charge in [-0.2, -0.15) is 0 Å². The molecule has 0 N–H and O–H groups in total. The molecule has 530 valence electrons. The van der Waals surface area contributed by atoms with Crippen molar-refractivity contribution in [3.8, 4) is 168 Å². The Labute approximate surface area is 660 Å². The van der Waals surface area contributed by atoms with E-state index in [1.807, 2.05) is 18.2 Å². The van der Waals surface area contributed by atoms with E-state index in [-0.39, 0.29) is 0 Å². The van der Waals surface area contributed by atoms with Crippen molar-refractivity contribution in [2.45, 2.75) is 19.8 Å². The predicted molar refractivity (Wildman–Crippen MR) is 470 cm³/mol. The van der Waals surface area contributed by atoms with Gasteiger partial charge in [0.15, 0.2) is 0 Å². The lowest BCUT2D eigenvalue weighted by atomic mass is 9.91. The minimum atomic E-state index is 0.687. The van der Waals surface area contributed by atoms with Crippen LogP contribution in [-0.4, -0.2) is 19.9 Å². The molecule has 0 saturated heterocycles. The summed E-state index contributed by atoms with van der Waals surface area (Å²) in [4.78, 5) is 21.6. The fourth-order valence-corrected chi connectivity index (χ4v) is 15.9. The zero-order valence-corrected chi connectivity index (χ0v) is 62.4. The lowest BCUT2D eigenvalue weighted by molar-refractivity contribution is 1.08. The Morgan fingerprint density at radius 3 is 1.05 bits per heavy atom. The maximum Gasteiger partial charge on any atom is 0.0722 e. The Kier molecular flexibility index (Phi) is 18.7. The van der Waals surface area contributed by atoms with Gasteiger partial charge in [0.25, 0.3) is 0 Å². The van der Waals surface area contributed by atoms with Gasteiger partial charge in [-0.3, -0.25) is 4.98 Å². The summed E-state index contributed by atoms with van der Waals surface area (Å²) in [6, 6.07) is 152. The zero-order valence-electron chi connectivity index (χ0n) is 62.4. The lowest BCUT2D eigenvalue weighted by Crippen LogP contribution is -1.99. The van der Waals surface area contributed by atoms with Gasteiger partial charge in [-0.1, -0.05) is 335 Å². The third-order valence-electron chi connectivity index (χ3n) is 21.8. The molecule has 0 saturated carbocycles. The molecule has 0 aliphatic heterocycles. The number of aryl methyl sites for hydroxylation is 1. The van der Waals surface area contributed by atoms with E-state index in [9.17, 15) is 0 Å². The van der Waals surface area contributed by atoms with E-state index in [0.717, 1.165) is 180 Å². The molecule has 0 spiro atoms.